The summed E-state index contributed by atoms with van der Waals surface area (Å²) >= 11 is 0. The maximum absolute atomic E-state index is 12.3. The van der Waals surface area contributed by atoms with Gasteiger partial charge in [-0.3, -0.25) is 0 Å². The summed E-state index contributed by atoms with van der Waals surface area (Å²) in [6, 6.07) is 1.15. The fourth-order valence-electron chi connectivity index (χ4n) is 3.72. The maximum Gasteiger partial charge on any atom is 0.317 e. The fraction of sp³-hybridized carbons (Fsp3) is 0.944. The number of carbonyl (C=O) groups excluding carboxylic acids is 1. The molecule has 0 aromatic carbocycles. The third-order valence-electron chi connectivity index (χ3n) is 5.79. The van der Waals surface area contributed by atoms with Gasteiger partial charge in [0.15, 0.2) is 0 Å². The first kappa shape index (κ1) is 18.5. The Kier molecular flexibility index (Phi) is 7.15. The molecule has 23 heavy (non-hydrogen) atoms. The summed E-state index contributed by atoms with van der Waals surface area (Å²) < 4.78 is 0. The zero-order chi connectivity index (χ0) is 16.8. The minimum atomic E-state index is 0.0985. The van der Waals surface area contributed by atoms with E-state index in [-0.39, 0.29) is 6.03 Å². The van der Waals surface area contributed by atoms with E-state index in [9.17, 15) is 4.79 Å². The first-order valence-corrected chi connectivity index (χ1v) is 9.36. The minimum Gasteiger partial charge on any atom is -0.335 e. The van der Waals surface area contributed by atoms with Gasteiger partial charge in [0.2, 0.25) is 0 Å². The highest BCUT2D eigenvalue weighted by molar-refractivity contribution is 5.74. The molecule has 0 unspecified atom stereocenters. The Morgan fingerprint density at radius 3 is 2.26 bits per heavy atom. The number of nitrogens with one attached hydrogen (secondary N) is 1. The predicted octanol–water partition coefficient (Wildman–Crippen LogP) is 2.23. The second kappa shape index (κ2) is 8.88. The van der Waals surface area contributed by atoms with Crippen LogP contribution in [0.25, 0.3) is 0 Å². The molecule has 2 rings (SSSR count). The monoisotopic (exact) mass is 324 g/mol. The van der Waals surface area contributed by atoms with Crippen LogP contribution in [0.4, 0.5) is 4.79 Å². The second-order valence-corrected chi connectivity index (χ2v) is 7.84. The summed E-state index contributed by atoms with van der Waals surface area (Å²) in [5, 5.41) is 3.21. The van der Waals surface area contributed by atoms with Crippen LogP contribution in [0.1, 0.15) is 45.4 Å². The number of carbonyl (C=O) groups is 1. The number of piperidine rings is 1. The Labute approximate surface area is 142 Å². The average Bonchev–Trinajstić information content (AvgIpc) is 2.55. The summed E-state index contributed by atoms with van der Waals surface area (Å²) in [4.78, 5) is 19.0. The van der Waals surface area contributed by atoms with Crippen molar-refractivity contribution in [2.75, 3.05) is 47.3 Å². The Morgan fingerprint density at radius 1 is 1.04 bits per heavy atom. The molecule has 1 aliphatic heterocycles. The van der Waals surface area contributed by atoms with Crippen LogP contribution in [-0.4, -0.2) is 80.1 Å². The highest BCUT2D eigenvalue weighted by atomic mass is 16.2. The maximum atomic E-state index is 12.3. The first-order chi connectivity index (χ1) is 11.0. The van der Waals surface area contributed by atoms with Crippen molar-refractivity contribution in [3.8, 4) is 0 Å². The van der Waals surface area contributed by atoms with E-state index in [4.69, 9.17) is 0 Å². The van der Waals surface area contributed by atoms with E-state index in [0.29, 0.717) is 12.1 Å². The van der Waals surface area contributed by atoms with Crippen molar-refractivity contribution in [3.05, 3.63) is 0 Å². The topological polar surface area (TPSA) is 38.8 Å². The smallest absolute Gasteiger partial charge is 0.317 e. The molecule has 5 nitrogen and oxygen atoms in total. The van der Waals surface area contributed by atoms with Crippen LogP contribution in [0.5, 0.6) is 0 Å². The van der Waals surface area contributed by atoms with Gasteiger partial charge in [-0.25, -0.2) is 4.79 Å². The molecule has 0 atom stereocenters. The molecule has 0 aromatic rings. The normalized spacial score (nSPS) is 27.2. The van der Waals surface area contributed by atoms with Gasteiger partial charge in [-0.05, 0) is 71.6 Å². The lowest BCUT2D eigenvalue weighted by molar-refractivity contribution is 0.134. The van der Waals surface area contributed by atoms with Crippen LogP contribution in [0.2, 0.25) is 0 Å². The molecule has 1 heterocycles. The number of likely N-dealkylation sites (tertiary alicyclic amines) is 1. The molecule has 1 saturated heterocycles. The van der Waals surface area contributed by atoms with E-state index < -0.39 is 0 Å². The predicted molar refractivity (Wildman–Crippen MR) is 95.7 cm³/mol. The molecule has 1 N–H and O–H groups in total. The summed E-state index contributed by atoms with van der Waals surface area (Å²) in [5.74, 6) is 0.823. The number of nitrogens with zero attached hydrogens (tertiary/aromatic N) is 3. The van der Waals surface area contributed by atoms with Crippen molar-refractivity contribution in [1.29, 1.82) is 0 Å². The highest BCUT2D eigenvalue weighted by Crippen LogP contribution is 2.23. The Balaban J connectivity index is 1.65. The molecule has 0 bridgehead atoms. The molecule has 2 amide bonds. The van der Waals surface area contributed by atoms with Crippen molar-refractivity contribution in [2.24, 2.45) is 5.92 Å². The quantitative estimate of drug-likeness (QED) is 0.843. The van der Waals surface area contributed by atoms with Crippen molar-refractivity contribution in [3.63, 3.8) is 0 Å². The zero-order valence-corrected chi connectivity index (χ0v) is 15.6. The number of likely N-dealkylation sites (N-methyl/N-ethyl adjacent to an activating group) is 2. The lowest BCUT2D eigenvalue weighted by Gasteiger charge is -2.36. The van der Waals surface area contributed by atoms with E-state index in [1.807, 2.05) is 11.9 Å². The van der Waals surface area contributed by atoms with Crippen LogP contribution >= 0.6 is 0 Å². The van der Waals surface area contributed by atoms with Gasteiger partial charge in [-0.2, -0.15) is 0 Å². The van der Waals surface area contributed by atoms with Crippen LogP contribution in [0.15, 0.2) is 0 Å². The standard InChI is InChI=1S/C18H36N4O/c1-15-5-7-16(8-6-15)19-18(23)22(4)14-13-21(3)17-9-11-20(2)12-10-17/h15-17H,5-14H2,1-4H3,(H,19,23). The second-order valence-electron chi connectivity index (χ2n) is 7.84. The van der Waals surface area contributed by atoms with Crippen molar-refractivity contribution in [2.45, 2.75) is 57.5 Å². The SMILES string of the molecule is CC1CCC(NC(=O)N(C)CCN(C)C2CCN(C)CC2)CC1. The van der Waals surface area contributed by atoms with Gasteiger partial charge in [-0.1, -0.05) is 6.92 Å². The van der Waals surface area contributed by atoms with Gasteiger partial charge < -0.3 is 20.0 Å². The summed E-state index contributed by atoms with van der Waals surface area (Å²) in [6.07, 6.45) is 7.24. The lowest BCUT2D eigenvalue weighted by atomic mass is 9.87. The number of rotatable bonds is 5. The van der Waals surface area contributed by atoms with Gasteiger partial charge in [0.1, 0.15) is 0 Å². The summed E-state index contributed by atoms with van der Waals surface area (Å²) in [6.45, 7) is 6.44. The van der Waals surface area contributed by atoms with Gasteiger partial charge in [-0.15, -0.1) is 0 Å². The molecule has 5 heteroatoms. The van der Waals surface area contributed by atoms with Gasteiger partial charge in [0.25, 0.3) is 0 Å². The highest BCUT2D eigenvalue weighted by Gasteiger charge is 2.23. The molecule has 0 spiro atoms. The average molecular weight is 325 g/mol. The fourth-order valence-corrected chi connectivity index (χ4v) is 3.72. The molecule has 134 valence electrons. The van der Waals surface area contributed by atoms with Crippen molar-refractivity contribution < 1.29 is 4.79 Å². The Hall–Kier alpha value is -0.810. The van der Waals surface area contributed by atoms with E-state index in [1.165, 1.54) is 38.8 Å². The lowest BCUT2D eigenvalue weighted by Crippen LogP contribution is -2.48. The van der Waals surface area contributed by atoms with Crippen LogP contribution in [0.3, 0.4) is 0 Å². The van der Waals surface area contributed by atoms with Crippen molar-refractivity contribution in [1.82, 2.24) is 20.0 Å². The molecule has 0 radical (unpaired) electrons. The number of urea groups is 1. The molecule has 2 fully saturated rings. The zero-order valence-electron chi connectivity index (χ0n) is 15.6. The Bertz CT molecular complexity index is 360. The van der Waals surface area contributed by atoms with Crippen LogP contribution in [0, 0.1) is 5.92 Å². The third kappa shape index (κ3) is 5.96. The molecule has 1 aliphatic carbocycles. The molecule has 1 saturated carbocycles. The summed E-state index contributed by atoms with van der Waals surface area (Å²) in [7, 11) is 6.31. The molecular formula is C18H36N4O. The van der Waals surface area contributed by atoms with E-state index in [1.54, 1.807) is 0 Å². The van der Waals surface area contributed by atoms with Gasteiger partial charge in [0, 0.05) is 32.2 Å². The van der Waals surface area contributed by atoms with Crippen LogP contribution < -0.4 is 5.32 Å². The summed E-state index contributed by atoms with van der Waals surface area (Å²) in [5.41, 5.74) is 0. The van der Waals surface area contributed by atoms with E-state index in [0.717, 1.165) is 31.8 Å². The van der Waals surface area contributed by atoms with Crippen molar-refractivity contribution >= 4 is 6.03 Å². The number of hydrogen-bond donors (Lipinski definition) is 1. The van der Waals surface area contributed by atoms with E-state index in [2.05, 4.69) is 36.1 Å². The van der Waals surface area contributed by atoms with Gasteiger partial charge >= 0.3 is 6.03 Å². The third-order valence-corrected chi connectivity index (χ3v) is 5.79. The minimum absolute atomic E-state index is 0.0985. The van der Waals surface area contributed by atoms with Crippen LogP contribution in [-0.2, 0) is 0 Å². The van der Waals surface area contributed by atoms with Gasteiger partial charge in [0.05, 0.1) is 0 Å². The number of amides is 2. The molecule has 2 aliphatic rings. The first-order valence-electron chi connectivity index (χ1n) is 9.36. The van der Waals surface area contributed by atoms with E-state index >= 15 is 0 Å². The molecule has 0 aromatic heterocycles. The largest absolute Gasteiger partial charge is 0.335 e. The number of hydrogen-bond acceptors (Lipinski definition) is 3. The Morgan fingerprint density at radius 2 is 1.65 bits per heavy atom. The molecular weight excluding hydrogens is 288 g/mol.